The number of hydrogen-bond acceptors (Lipinski definition) is 2. The molecule has 2 aromatic rings. The average Bonchev–Trinajstić information content (AvgIpc) is 2.27. The van der Waals surface area contributed by atoms with Gasteiger partial charge in [-0.2, -0.15) is 0 Å². The summed E-state index contributed by atoms with van der Waals surface area (Å²) in [6, 6.07) is 14.4. The number of nitrogens with two attached hydrogens (primary N) is 2. The van der Waals surface area contributed by atoms with Crippen LogP contribution in [0, 0.1) is 0 Å². The van der Waals surface area contributed by atoms with E-state index >= 15 is 0 Å². The van der Waals surface area contributed by atoms with Gasteiger partial charge < -0.3 is 11.5 Å². The lowest BCUT2D eigenvalue weighted by Gasteiger charge is -2.09. The maximum atomic E-state index is 5.86. The highest BCUT2D eigenvalue weighted by atomic mass is 35.5. The summed E-state index contributed by atoms with van der Waals surface area (Å²) >= 11 is 0. The minimum absolute atomic E-state index is 0. The topological polar surface area (TPSA) is 52.0 Å². The zero-order valence-corrected chi connectivity index (χ0v) is 9.21. The quantitative estimate of drug-likeness (QED) is 0.819. The summed E-state index contributed by atoms with van der Waals surface area (Å²) in [6.45, 7) is 0.484. The fourth-order valence-electron chi connectivity index (χ4n) is 1.57. The van der Waals surface area contributed by atoms with Gasteiger partial charge in [-0.3, -0.25) is 0 Å². The zero-order valence-electron chi connectivity index (χ0n) is 8.39. The van der Waals surface area contributed by atoms with E-state index in [2.05, 4.69) is 24.3 Å². The van der Waals surface area contributed by atoms with Gasteiger partial charge in [0.2, 0.25) is 0 Å². The Bertz CT molecular complexity index is 442. The van der Waals surface area contributed by atoms with Crippen molar-refractivity contribution < 1.29 is 0 Å². The van der Waals surface area contributed by atoms with Gasteiger partial charge >= 0.3 is 0 Å². The van der Waals surface area contributed by atoms with Crippen molar-refractivity contribution in [3.05, 3.63) is 48.0 Å². The maximum absolute atomic E-state index is 5.86. The fourth-order valence-corrected chi connectivity index (χ4v) is 1.57. The predicted molar refractivity (Wildman–Crippen MR) is 67.2 cm³/mol. The number of fused-ring (bicyclic) bond motifs is 1. The van der Waals surface area contributed by atoms with E-state index < -0.39 is 0 Å². The smallest absolute Gasteiger partial charge is 0.0419 e. The molecule has 2 nitrogen and oxygen atoms in total. The van der Waals surface area contributed by atoms with Gasteiger partial charge in [0.25, 0.3) is 0 Å². The molecule has 2 rings (SSSR count). The van der Waals surface area contributed by atoms with E-state index in [0.29, 0.717) is 6.54 Å². The van der Waals surface area contributed by atoms with E-state index in [-0.39, 0.29) is 18.4 Å². The van der Waals surface area contributed by atoms with Crippen LogP contribution in [-0.4, -0.2) is 6.54 Å². The summed E-state index contributed by atoms with van der Waals surface area (Å²) in [5.41, 5.74) is 12.5. The molecule has 2 aromatic carbocycles. The SMILES string of the molecule is Cl.NCC(N)c1ccc2ccccc2c1. The van der Waals surface area contributed by atoms with E-state index in [1.165, 1.54) is 10.8 Å². The van der Waals surface area contributed by atoms with Crippen LogP contribution in [-0.2, 0) is 0 Å². The van der Waals surface area contributed by atoms with E-state index in [1.807, 2.05) is 18.2 Å². The molecule has 3 heteroatoms. The molecule has 0 aliphatic carbocycles. The van der Waals surface area contributed by atoms with Crippen molar-refractivity contribution in [2.45, 2.75) is 6.04 Å². The summed E-state index contributed by atoms with van der Waals surface area (Å²) in [6.07, 6.45) is 0. The van der Waals surface area contributed by atoms with Crippen LogP contribution >= 0.6 is 12.4 Å². The Kier molecular flexibility index (Phi) is 4.09. The number of hydrogen-bond donors (Lipinski definition) is 2. The molecule has 0 heterocycles. The van der Waals surface area contributed by atoms with Crippen molar-refractivity contribution >= 4 is 23.2 Å². The molecule has 0 aromatic heterocycles. The van der Waals surface area contributed by atoms with Crippen LogP contribution in [0.5, 0.6) is 0 Å². The first kappa shape index (κ1) is 12.0. The van der Waals surface area contributed by atoms with Crippen molar-refractivity contribution in [2.24, 2.45) is 11.5 Å². The zero-order chi connectivity index (χ0) is 9.97. The molecule has 0 fully saturated rings. The third-order valence-corrected chi connectivity index (χ3v) is 2.46. The van der Waals surface area contributed by atoms with Crippen LogP contribution in [0.15, 0.2) is 42.5 Å². The van der Waals surface area contributed by atoms with Crippen LogP contribution in [0.3, 0.4) is 0 Å². The van der Waals surface area contributed by atoms with Gasteiger partial charge in [0, 0.05) is 12.6 Å². The molecule has 0 saturated carbocycles. The molecule has 1 unspecified atom stereocenters. The monoisotopic (exact) mass is 222 g/mol. The van der Waals surface area contributed by atoms with Gasteiger partial charge in [0.1, 0.15) is 0 Å². The van der Waals surface area contributed by atoms with E-state index in [0.717, 1.165) is 5.56 Å². The van der Waals surface area contributed by atoms with Gasteiger partial charge in [-0.15, -0.1) is 12.4 Å². The first-order valence-corrected chi connectivity index (χ1v) is 4.75. The number of halogens is 1. The molecule has 4 N–H and O–H groups in total. The second kappa shape index (κ2) is 5.12. The van der Waals surface area contributed by atoms with E-state index in [9.17, 15) is 0 Å². The fraction of sp³-hybridized carbons (Fsp3) is 0.167. The molecule has 0 bridgehead atoms. The van der Waals surface area contributed by atoms with Crippen molar-refractivity contribution in [1.82, 2.24) is 0 Å². The molecule has 1 atom stereocenters. The number of benzene rings is 2. The molecular formula is C12H15ClN2. The van der Waals surface area contributed by atoms with Crippen molar-refractivity contribution in [3.63, 3.8) is 0 Å². The minimum Gasteiger partial charge on any atom is -0.329 e. The minimum atomic E-state index is -0.0559. The van der Waals surface area contributed by atoms with Gasteiger partial charge in [-0.25, -0.2) is 0 Å². The van der Waals surface area contributed by atoms with Gasteiger partial charge in [0.05, 0.1) is 0 Å². The lowest BCUT2D eigenvalue weighted by atomic mass is 10.0. The first-order valence-electron chi connectivity index (χ1n) is 4.75. The summed E-state index contributed by atoms with van der Waals surface area (Å²) in [5.74, 6) is 0. The molecular weight excluding hydrogens is 208 g/mol. The standard InChI is InChI=1S/C12H14N2.ClH/c13-8-12(14)11-6-5-9-3-1-2-4-10(9)7-11;/h1-7,12H,8,13-14H2;1H. The Morgan fingerprint density at radius 1 is 1.00 bits per heavy atom. The largest absolute Gasteiger partial charge is 0.329 e. The predicted octanol–water partition coefficient (Wildman–Crippen LogP) is 2.22. The molecule has 0 aliphatic heterocycles. The molecule has 0 radical (unpaired) electrons. The summed E-state index contributed by atoms with van der Waals surface area (Å²) in [7, 11) is 0. The van der Waals surface area contributed by atoms with Crippen LogP contribution in [0.2, 0.25) is 0 Å². The van der Waals surface area contributed by atoms with Crippen molar-refractivity contribution in [2.75, 3.05) is 6.54 Å². The van der Waals surface area contributed by atoms with E-state index in [4.69, 9.17) is 11.5 Å². The van der Waals surface area contributed by atoms with Crippen LogP contribution in [0.25, 0.3) is 10.8 Å². The lowest BCUT2D eigenvalue weighted by molar-refractivity contribution is 0.738. The molecule has 0 spiro atoms. The first-order chi connectivity index (χ1) is 6.81. The molecule has 0 saturated heterocycles. The van der Waals surface area contributed by atoms with Crippen LogP contribution in [0.1, 0.15) is 11.6 Å². The highest BCUT2D eigenvalue weighted by Gasteiger charge is 2.03. The molecule has 15 heavy (non-hydrogen) atoms. The van der Waals surface area contributed by atoms with Crippen LogP contribution < -0.4 is 11.5 Å². The van der Waals surface area contributed by atoms with Gasteiger partial charge in [-0.1, -0.05) is 36.4 Å². The van der Waals surface area contributed by atoms with E-state index in [1.54, 1.807) is 0 Å². The maximum Gasteiger partial charge on any atom is 0.0419 e. The third-order valence-electron chi connectivity index (χ3n) is 2.46. The second-order valence-electron chi connectivity index (χ2n) is 3.45. The Hall–Kier alpha value is -1.09. The Morgan fingerprint density at radius 3 is 2.33 bits per heavy atom. The van der Waals surface area contributed by atoms with Gasteiger partial charge in [0.15, 0.2) is 0 Å². The molecule has 80 valence electrons. The Morgan fingerprint density at radius 2 is 1.67 bits per heavy atom. The van der Waals surface area contributed by atoms with Crippen molar-refractivity contribution in [1.29, 1.82) is 0 Å². The molecule has 0 aliphatic rings. The average molecular weight is 223 g/mol. The van der Waals surface area contributed by atoms with Crippen LogP contribution in [0.4, 0.5) is 0 Å². The highest BCUT2D eigenvalue weighted by Crippen LogP contribution is 2.18. The highest BCUT2D eigenvalue weighted by molar-refractivity contribution is 5.85. The second-order valence-corrected chi connectivity index (χ2v) is 3.45. The Balaban J connectivity index is 0.00000112. The summed E-state index contributed by atoms with van der Waals surface area (Å²) < 4.78 is 0. The lowest BCUT2D eigenvalue weighted by Crippen LogP contribution is -2.20. The summed E-state index contributed by atoms with van der Waals surface area (Å²) in [5, 5.41) is 2.45. The molecule has 0 amide bonds. The third kappa shape index (κ3) is 2.48. The number of rotatable bonds is 2. The Labute approximate surface area is 95.7 Å². The van der Waals surface area contributed by atoms with Crippen molar-refractivity contribution in [3.8, 4) is 0 Å². The normalized spacial score (nSPS) is 12.1. The van der Waals surface area contributed by atoms with Gasteiger partial charge in [-0.05, 0) is 22.4 Å². The summed E-state index contributed by atoms with van der Waals surface area (Å²) in [4.78, 5) is 0.